The molecule has 0 unspecified atom stereocenters. The van der Waals surface area contributed by atoms with Gasteiger partial charge in [0.2, 0.25) is 0 Å². The number of ether oxygens (including phenoxy) is 1. The third kappa shape index (κ3) is 9.27. The van der Waals surface area contributed by atoms with Crippen LogP contribution in [0.1, 0.15) is 0 Å². The van der Waals surface area contributed by atoms with Crippen molar-refractivity contribution in [2.45, 2.75) is 6.18 Å². The average Bonchev–Trinajstić information content (AvgIpc) is 1.94. The Hall–Kier alpha value is -0.730. The summed E-state index contributed by atoms with van der Waals surface area (Å²) in [6.45, 7) is -0.512. The van der Waals surface area contributed by atoms with Gasteiger partial charge < -0.3 is 10.1 Å². The van der Waals surface area contributed by atoms with Crippen LogP contribution in [0.2, 0.25) is 0 Å². The van der Waals surface area contributed by atoms with Gasteiger partial charge in [-0.2, -0.15) is 13.2 Å². The van der Waals surface area contributed by atoms with E-state index in [0.29, 0.717) is 13.1 Å². The molecule has 0 aliphatic carbocycles. The predicted octanol–water partition coefficient (Wildman–Crippen LogP) is 0.788. The summed E-state index contributed by atoms with van der Waals surface area (Å²) < 4.78 is 38.6. The molecule has 0 saturated heterocycles. The van der Waals surface area contributed by atoms with E-state index >= 15 is 0 Å². The SMILES string of the molecule is C#CCNCCOCC(F)(F)F. The first-order valence-electron chi connectivity index (χ1n) is 3.35. The van der Waals surface area contributed by atoms with Crippen molar-refractivity contribution in [2.24, 2.45) is 0 Å². The molecule has 0 heterocycles. The van der Waals surface area contributed by atoms with Crippen molar-refractivity contribution in [3.8, 4) is 12.3 Å². The highest BCUT2D eigenvalue weighted by atomic mass is 19.4. The zero-order valence-electron chi connectivity index (χ0n) is 6.45. The third-order valence-corrected chi connectivity index (χ3v) is 0.916. The maximum absolute atomic E-state index is 11.5. The first-order valence-corrected chi connectivity index (χ1v) is 3.35. The minimum atomic E-state index is -4.24. The summed E-state index contributed by atoms with van der Waals surface area (Å²) in [6, 6.07) is 0. The summed E-state index contributed by atoms with van der Waals surface area (Å²) in [4.78, 5) is 0. The molecule has 0 aromatic carbocycles. The summed E-state index contributed by atoms with van der Waals surface area (Å²) in [5.74, 6) is 2.29. The quantitative estimate of drug-likeness (QED) is 0.500. The molecule has 1 N–H and O–H groups in total. The minimum absolute atomic E-state index is 0.0151. The summed E-state index contributed by atoms with van der Waals surface area (Å²) in [7, 11) is 0. The van der Waals surface area contributed by atoms with E-state index in [4.69, 9.17) is 6.42 Å². The van der Waals surface area contributed by atoms with E-state index in [9.17, 15) is 13.2 Å². The molecule has 2 nitrogen and oxygen atoms in total. The molecule has 0 fully saturated rings. The molecular formula is C7H10F3NO. The van der Waals surface area contributed by atoms with Crippen molar-refractivity contribution in [3.05, 3.63) is 0 Å². The normalized spacial score (nSPS) is 11.2. The van der Waals surface area contributed by atoms with Crippen LogP contribution >= 0.6 is 0 Å². The summed E-state index contributed by atoms with van der Waals surface area (Å²) >= 11 is 0. The van der Waals surface area contributed by atoms with Gasteiger partial charge in [0, 0.05) is 6.54 Å². The molecule has 5 heteroatoms. The summed E-state index contributed by atoms with van der Waals surface area (Å²) in [5, 5.41) is 2.69. The van der Waals surface area contributed by atoms with Crippen molar-refractivity contribution >= 4 is 0 Å². The van der Waals surface area contributed by atoms with Crippen LogP contribution in [0.25, 0.3) is 0 Å². The van der Waals surface area contributed by atoms with E-state index in [1.807, 2.05) is 0 Å². The van der Waals surface area contributed by atoms with E-state index in [0.717, 1.165) is 0 Å². The lowest BCUT2D eigenvalue weighted by Crippen LogP contribution is -2.24. The highest BCUT2D eigenvalue weighted by Gasteiger charge is 2.26. The Bertz CT molecular complexity index is 150. The van der Waals surface area contributed by atoms with Crippen molar-refractivity contribution < 1.29 is 17.9 Å². The molecule has 0 bridgehead atoms. The molecule has 0 aliphatic heterocycles. The maximum atomic E-state index is 11.5. The zero-order valence-corrected chi connectivity index (χ0v) is 6.45. The van der Waals surface area contributed by atoms with Crippen LogP contribution < -0.4 is 5.32 Å². The fraction of sp³-hybridized carbons (Fsp3) is 0.714. The number of rotatable bonds is 5. The fourth-order valence-corrected chi connectivity index (χ4v) is 0.493. The van der Waals surface area contributed by atoms with Gasteiger partial charge in [0.05, 0.1) is 13.2 Å². The highest BCUT2D eigenvalue weighted by molar-refractivity contribution is 4.86. The molecule has 0 spiro atoms. The number of nitrogens with one attached hydrogen (secondary N) is 1. The zero-order chi connectivity index (χ0) is 9.45. The molecule has 0 radical (unpaired) electrons. The first kappa shape index (κ1) is 11.3. The standard InChI is InChI=1S/C7H10F3NO/c1-2-3-11-4-5-12-6-7(8,9)10/h1,11H,3-6H2. The second-order valence-electron chi connectivity index (χ2n) is 2.05. The van der Waals surface area contributed by atoms with Crippen molar-refractivity contribution in [2.75, 3.05) is 26.3 Å². The van der Waals surface area contributed by atoms with Crippen molar-refractivity contribution in [3.63, 3.8) is 0 Å². The molecule has 0 aromatic rings. The maximum Gasteiger partial charge on any atom is 0.411 e. The van der Waals surface area contributed by atoms with Gasteiger partial charge in [0.1, 0.15) is 6.61 Å². The van der Waals surface area contributed by atoms with Crippen LogP contribution in [0.3, 0.4) is 0 Å². The molecule has 0 saturated carbocycles. The van der Waals surface area contributed by atoms with Gasteiger partial charge in [-0.15, -0.1) is 6.42 Å². The van der Waals surface area contributed by atoms with Crippen LogP contribution in [0, 0.1) is 12.3 Å². The molecule has 0 amide bonds. The van der Waals surface area contributed by atoms with E-state index < -0.39 is 12.8 Å². The van der Waals surface area contributed by atoms with Crippen molar-refractivity contribution in [1.82, 2.24) is 5.32 Å². The Balaban J connectivity index is 3.07. The molecule has 12 heavy (non-hydrogen) atoms. The largest absolute Gasteiger partial charge is 0.411 e. The van der Waals surface area contributed by atoms with Crippen LogP contribution in [0.4, 0.5) is 13.2 Å². The number of terminal acetylenes is 1. The van der Waals surface area contributed by atoms with Crippen LogP contribution in [0.15, 0.2) is 0 Å². The number of halogens is 3. The van der Waals surface area contributed by atoms with Gasteiger partial charge in [0.15, 0.2) is 0 Å². The Morgan fingerprint density at radius 2 is 2.08 bits per heavy atom. The Kier molecular flexibility index (Phi) is 5.51. The first-order chi connectivity index (χ1) is 5.56. The van der Waals surface area contributed by atoms with Crippen LogP contribution in [-0.2, 0) is 4.74 Å². The van der Waals surface area contributed by atoms with Crippen LogP contribution in [0.5, 0.6) is 0 Å². The molecule has 0 aliphatic rings. The molecule has 0 rings (SSSR count). The fourth-order valence-electron chi connectivity index (χ4n) is 0.493. The van der Waals surface area contributed by atoms with E-state index in [1.54, 1.807) is 0 Å². The minimum Gasteiger partial charge on any atom is -0.371 e. The number of hydrogen-bond acceptors (Lipinski definition) is 2. The Morgan fingerprint density at radius 1 is 1.42 bits per heavy atom. The Labute approximate surface area is 69.1 Å². The smallest absolute Gasteiger partial charge is 0.371 e. The van der Waals surface area contributed by atoms with Gasteiger partial charge in [-0.25, -0.2) is 0 Å². The number of alkyl halides is 3. The molecule has 70 valence electrons. The van der Waals surface area contributed by atoms with Gasteiger partial charge in [0.25, 0.3) is 0 Å². The molecule has 0 aromatic heterocycles. The van der Waals surface area contributed by atoms with Crippen LogP contribution in [-0.4, -0.2) is 32.5 Å². The topological polar surface area (TPSA) is 21.3 Å². The molecular weight excluding hydrogens is 171 g/mol. The van der Waals surface area contributed by atoms with Crippen molar-refractivity contribution in [1.29, 1.82) is 0 Å². The average molecular weight is 181 g/mol. The van der Waals surface area contributed by atoms with Gasteiger partial charge in [-0.1, -0.05) is 5.92 Å². The highest BCUT2D eigenvalue weighted by Crippen LogP contribution is 2.13. The third-order valence-electron chi connectivity index (χ3n) is 0.916. The van der Waals surface area contributed by atoms with E-state index in [1.165, 1.54) is 0 Å². The van der Waals surface area contributed by atoms with Gasteiger partial charge in [-0.3, -0.25) is 0 Å². The summed E-state index contributed by atoms with van der Waals surface area (Å²) in [6.07, 6.45) is 0.635. The Morgan fingerprint density at radius 3 is 2.58 bits per heavy atom. The lowest BCUT2D eigenvalue weighted by Gasteiger charge is -2.06. The predicted molar refractivity (Wildman–Crippen MR) is 38.6 cm³/mol. The van der Waals surface area contributed by atoms with Gasteiger partial charge in [-0.05, 0) is 0 Å². The lowest BCUT2D eigenvalue weighted by atomic mass is 10.6. The van der Waals surface area contributed by atoms with Gasteiger partial charge >= 0.3 is 6.18 Å². The summed E-state index contributed by atoms with van der Waals surface area (Å²) in [5.41, 5.74) is 0. The number of hydrogen-bond donors (Lipinski definition) is 1. The second-order valence-corrected chi connectivity index (χ2v) is 2.05. The van der Waals surface area contributed by atoms with E-state index in [-0.39, 0.29) is 6.61 Å². The van der Waals surface area contributed by atoms with E-state index in [2.05, 4.69) is 16.0 Å². The monoisotopic (exact) mass is 181 g/mol. The lowest BCUT2D eigenvalue weighted by molar-refractivity contribution is -0.173. The second kappa shape index (κ2) is 5.86. The molecule has 0 atom stereocenters.